The van der Waals surface area contributed by atoms with E-state index in [-0.39, 0.29) is 0 Å². The molecule has 0 saturated heterocycles. The minimum atomic E-state index is -4.59. The van der Waals surface area contributed by atoms with Gasteiger partial charge in [0.25, 0.3) is 0 Å². The van der Waals surface area contributed by atoms with Gasteiger partial charge in [-0.3, -0.25) is 0 Å². The second kappa shape index (κ2) is 20.9. The normalized spacial score (nSPS) is 12.4. The summed E-state index contributed by atoms with van der Waals surface area (Å²) in [5, 5.41) is 0. The molecule has 8 nitrogen and oxygen atoms in total. The lowest BCUT2D eigenvalue weighted by Gasteiger charge is -2.35. The van der Waals surface area contributed by atoms with Crippen LogP contribution in [0.25, 0.3) is 0 Å². The van der Waals surface area contributed by atoms with Crippen LogP contribution in [0.3, 0.4) is 0 Å². The molecule has 0 aromatic heterocycles. The van der Waals surface area contributed by atoms with E-state index in [9.17, 15) is 25.9 Å². The van der Waals surface area contributed by atoms with Gasteiger partial charge in [0.1, 0.15) is 0 Å². The number of hydrogen-bond donors (Lipinski definition) is 0. The molecule has 0 radical (unpaired) electrons. The fraction of sp³-hybridized carbons (Fsp3) is 1.00. The van der Waals surface area contributed by atoms with Crippen molar-refractivity contribution in [2.24, 2.45) is 0 Å². The first-order chi connectivity index (χ1) is 15.7. The van der Waals surface area contributed by atoms with E-state index in [2.05, 4.69) is 55.4 Å². The summed E-state index contributed by atoms with van der Waals surface area (Å²) in [7, 11) is -9.17. The van der Waals surface area contributed by atoms with E-state index in [1.54, 1.807) is 0 Å². The minimum absolute atomic E-state index is 1.15. The van der Waals surface area contributed by atoms with Gasteiger partial charge in [0.05, 0.1) is 84.1 Å². The summed E-state index contributed by atoms with van der Waals surface area (Å²) in [5.41, 5.74) is 0. The minimum Gasteiger partial charge on any atom is -0.748 e. The van der Waals surface area contributed by atoms with Gasteiger partial charge in [0.2, 0.25) is 0 Å². The predicted octanol–water partition coefficient (Wildman–Crippen LogP) is 4.18. The van der Waals surface area contributed by atoms with Crippen LogP contribution in [0.2, 0.25) is 0 Å². The lowest BCUT2D eigenvalue weighted by molar-refractivity contribution is -0.923. The van der Waals surface area contributed by atoms with Gasteiger partial charge in [-0.2, -0.15) is 0 Å². The van der Waals surface area contributed by atoms with Crippen molar-refractivity contribution in [1.82, 2.24) is 0 Å². The molecule has 0 aliphatic rings. The highest BCUT2D eigenvalue weighted by Crippen LogP contribution is 2.10. The van der Waals surface area contributed by atoms with Crippen LogP contribution in [0.5, 0.6) is 0 Å². The average Bonchev–Trinajstić information content (AvgIpc) is 2.79. The molecule has 0 amide bonds. The Kier molecular flexibility index (Phi) is 23.5. The van der Waals surface area contributed by atoms with Crippen LogP contribution in [0.1, 0.15) is 93.9 Å². The molecule has 0 spiro atoms. The first-order valence-corrected chi connectivity index (χ1v) is 16.4. The second-order valence-corrected chi connectivity index (χ2v) is 12.0. The first kappa shape index (κ1) is 38.3. The zero-order valence-corrected chi connectivity index (χ0v) is 25.1. The fourth-order valence-corrected chi connectivity index (χ4v) is 5.52. The van der Waals surface area contributed by atoms with E-state index in [0.717, 1.165) is 0 Å². The van der Waals surface area contributed by atoms with Crippen molar-refractivity contribution in [3.05, 3.63) is 0 Å². The van der Waals surface area contributed by atoms with Crippen molar-refractivity contribution in [3.8, 4) is 0 Å². The summed E-state index contributed by atoms with van der Waals surface area (Å²) in [6.45, 7) is 29.0. The van der Waals surface area contributed by atoms with Gasteiger partial charge in [0, 0.05) is 0 Å². The van der Waals surface area contributed by atoms with Crippen LogP contribution < -0.4 is 0 Å². The molecule has 0 aliphatic carbocycles. The summed E-state index contributed by atoms with van der Waals surface area (Å²) in [6.07, 6.45) is 8.31. The van der Waals surface area contributed by atoms with Gasteiger partial charge in [-0.25, -0.2) is 16.8 Å². The second-order valence-electron chi connectivity index (χ2n) is 8.97. The molecule has 0 bridgehead atoms. The van der Waals surface area contributed by atoms with E-state index in [1.165, 1.54) is 99.8 Å². The molecule has 0 aliphatic heterocycles. The van der Waals surface area contributed by atoms with Gasteiger partial charge in [-0.1, -0.05) is 26.7 Å². The van der Waals surface area contributed by atoms with Crippen molar-refractivity contribution in [2.45, 2.75) is 93.9 Å². The Morgan fingerprint density at radius 3 is 0.853 bits per heavy atom. The largest absolute Gasteiger partial charge is 0.748 e. The van der Waals surface area contributed by atoms with E-state index in [1.807, 2.05) is 0 Å². The van der Waals surface area contributed by atoms with Crippen molar-refractivity contribution in [3.63, 3.8) is 0 Å². The molecule has 0 rings (SSSR count). The highest BCUT2D eigenvalue weighted by molar-refractivity contribution is 7.89. The van der Waals surface area contributed by atoms with Crippen LogP contribution >= 0.6 is 0 Å². The zero-order chi connectivity index (χ0) is 27.3. The Hall–Kier alpha value is -0.260. The number of hydrogen-bond acceptors (Lipinski definition) is 6. The molecule has 34 heavy (non-hydrogen) atoms. The Balaban J connectivity index is -0.000000426. The standard InChI is InChI=1S/2C11H26N.C2H6O6S2/c2*1-5-9-10-11-12(6-2,7-3)8-4;3-9(4,5)1-2-10(6,7)8/h2*5-11H2,1-4H3;1-2H2,(H,3,4,5)(H,6,7,8)/q2*+1;/p-2. The SMILES string of the molecule is CCCCC[N+](CC)(CC)CC.CCCCC[N+](CC)(CC)CC.O=S(=O)([O-])CCS(=O)(=O)[O-]. The molecule has 0 fully saturated rings. The van der Waals surface area contributed by atoms with Crippen LogP contribution in [0, 0.1) is 0 Å². The van der Waals surface area contributed by atoms with Crippen molar-refractivity contribution in [2.75, 3.05) is 63.9 Å². The summed E-state index contributed by atoms with van der Waals surface area (Å²) >= 11 is 0. The van der Waals surface area contributed by atoms with Gasteiger partial charge in [-0.05, 0) is 67.2 Å². The van der Waals surface area contributed by atoms with E-state index >= 15 is 0 Å². The summed E-state index contributed by atoms with van der Waals surface area (Å²) < 4.78 is 61.0. The highest BCUT2D eigenvalue weighted by Gasteiger charge is 2.19. The highest BCUT2D eigenvalue weighted by atomic mass is 32.2. The first-order valence-electron chi connectivity index (χ1n) is 13.3. The lowest BCUT2D eigenvalue weighted by Crippen LogP contribution is -2.48. The molecule has 0 unspecified atom stereocenters. The molecule has 210 valence electrons. The van der Waals surface area contributed by atoms with Crippen molar-refractivity contribution >= 4 is 20.2 Å². The molecule has 0 atom stereocenters. The maximum Gasteiger partial charge on any atom is 0.0955 e. The smallest absolute Gasteiger partial charge is 0.0955 e. The Labute approximate surface area is 212 Å². The third kappa shape index (κ3) is 22.2. The number of unbranched alkanes of at least 4 members (excludes halogenated alkanes) is 4. The molecule has 0 N–H and O–H groups in total. The van der Waals surface area contributed by atoms with Crippen LogP contribution in [0.15, 0.2) is 0 Å². The Morgan fingerprint density at radius 2 is 0.706 bits per heavy atom. The molecular weight excluding hydrogens is 476 g/mol. The van der Waals surface area contributed by atoms with Crippen molar-refractivity contribution in [1.29, 1.82) is 0 Å². The molecule has 0 saturated carbocycles. The topological polar surface area (TPSA) is 114 Å². The third-order valence-electron chi connectivity index (χ3n) is 7.08. The van der Waals surface area contributed by atoms with E-state index < -0.39 is 31.7 Å². The maximum atomic E-state index is 9.72. The third-order valence-corrected chi connectivity index (χ3v) is 8.75. The van der Waals surface area contributed by atoms with E-state index in [0.29, 0.717) is 0 Å². The summed E-state index contributed by atoms with van der Waals surface area (Å²) in [5.74, 6) is -2.31. The number of nitrogens with zero attached hydrogens (tertiary/aromatic N) is 2. The quantitative estimate of drug-likeness (QED) is 0.158. The van der Waals surface area contributed by atoms with Gasteiger partial charge >= 0.3 is 0 Å². The van der Waals surface area contributed by atoms with Gasteiger partial charge < -0.3 is 18.1 Å². The van der Waals surface area contributed by atoms with Crippen LogP contribution in [-0.4, -0.2) is 98.8 Å². The predicted molar refractivity (Wildman–Crippen MR) is 142 cm³/mol. The molecule has 0 heterocycles. The van der Waals surface area contributed by atoms with Crippen LogP contribution in [0.4, 0.5) is 0 Å². The summed E-state index contributed by atoms with van der Waals surface area (Å²) in [4.78, 5) is 0. The molecule has 10 heteroatoms. The number of rotatable bonds is 17. The molecule has 0 aromatic rings. The van der Waals surface area contributed by atoms with Crippen molar-refractivity contribution < 1.29 is 34.9 Å². The van der Waals surface area contributed by atoms with Gasteiger partial charge in [0.15, 0.2) is 0 Å². The maximum absolute atomic E-state index is 9.72. The Bertz CT molecular complexity index is 584. The average molecular weight is 533 g/mol. The summed E-state index contributed by atoms with van der Waals surface area (Å²) in [6, 6.07) is 0. The Morgan fingerprint density at radius 1 is 0.471 bits per heavy atom. The van der Waals surface area contributed by atoms with E-state index in [4.69, 9.17) is 0 Å². The van der Waals surface area contributed by atoms with Gasteiger partial charge in [-0.15, -0.1) is 0 Å². The number of quaternary nitrogens is 2. The monoisotopic (exact) mass is 532 g/mol. The molecule has 0 aromatic carbocycles. The lowest BCUT2D eigenvalue weighted by atomic mass is 10.2. The molecular formula is C24H56N2O6S2. The van der Waals surface area contributed by atoms with Crippen LogP contribution in [-0.2, 0) is 20.2 Å². The zero-order valence-electron chi connectivity index (χ0n) is 23.5. The fourth-order valence-electron chi connectivity index (χ4n) is 3.89.